The van der Waals surface area contributed by atoms with E-state index in [0.717, 1.165) is 6.33 Å². The van der Waals surface area contributed by atoms with Gasteiger partial charge >= 0.3 is 18.1 Å². The molecular formula is C21H24FN10O11PS. The standard InChI is InChI=1S/C21H24FN10O11PS/c1-38-15-10-4-39-44(34,35)42-14-9(40-20(11(14)22)32-7-27-13-17(23)24-5-25-18(13)32)3-29-45(36,37)43-16(15)21(41-10)31-6-26-12-8(31)2-28-30-19(12)33/h2,5-7,9-11,14-16,20-21,29H,3-4H2,1H3,(H,30,33)(H,34,35)(H2,23,24,25). The average molecular weight is 675 g/mol. The van der Waals surface area contributed by atoms with Crippen LogP contribution in [-0.4, -0.2) is 110 Å². The van der Waals surface area contributed by atoms with Crippen LogP contribution >= 0.6 is 7.82 Å². The Bertz CT molecular complexity index is 1980. The van der Waals surface area contributed by atoms with Crippen molar-refractivity contribution in [1.82, 2.24) is 44.0 Å². The van der Waals surface area contributed by atoms with Gasteiger partial charge in [-0.05, 0) is 0 Å². The molecule has 0 radical (unpaired) electrons. The molecule has 3 saturated heterocycles. The molecule has 5 N–H and O–H groups in total. The first-order valence-corrected chi connectivity index (χ1v) is 16.0. The van der Waals surface area contributed by atoms with E-state index in [9.17, 15) is 22.7 Å². The second-order valence-corrected chi connectivity index (χ2v) is 12.9. The van der Waals surface area contributed by atoms with E-state index in [4.69, 9.17) is 33.2 Å². The van der Waals surface area contributed by atoms with Crippen LogP contribution in [0.3, 0.4) is 0 Å². The monoisotopic (exact) mass is 674 g/mol. The zero-order chi connectivity index (χ0) is 31.7. The van der Waals surface area contributed by atoms with Crippen LogP contribution in [0.2, 0.25) is 0 Å². The molecule has 7 heterocycles. The highest BCUT2D eigenvalue weighted by molar-refractivity contribution is 7.84. The molecule has 3 aliphatic heterocycles. The smallest absolute Gasteiger partial charge is 0.382 e. The predicted octanol–water partition coefficient (Wildman–Crippen LogP) is -1.57. The van der Waals surface area contributed by atoms with Gasteiger partial charge in [0.2, 0.25) is 0 Å². The van der Waals surface area contributed by atoms with E-state index in [1.807, 2.05) is 0 Å². The summed E-state index contributed by atoms with van der Waals surface area (Å²) in [7, 11) is -8.53. The Morgan fingerprint density at radius 3 is 2.67 bits per heavy atom. The lowest BCUT2D eigenvalue weighted by atomic mass is 10.1. The third-order valence-electron chi connectivity index (χ3n) is 7.52. The number of nitrogens with zero attached hydrogens (tertiary/aromatic N) is 7. The van der Waals surface area contributed by atoms with Gasteiger partial charge in [0.15, 0.2) is 41.7 Å². The van der Waals surface area contributed by atoms with Gasteiger partial charge in [-0.15, -0.1) is 0 Å². The highest BCUT2D eigenvalue weighted by atomic mass is 32.2. The van der Waals surface area contributed by atoms with Crippen LogP contribution in [0.15, 0.2) is 30.0 Å². The molecule has 0 aliphatic carbocycles. The van der Waals surface area contributed by atoms with Crippen LogP contribution in [-0.2, 0) is 42.3 Å². The fraction of sp³-hybridized carbons (Fsp3) is 0.524. The van der Waals surface area contributed by atoms with Crippen LogP contribution in [0, 0.1) is 0 Å². The van der Waals surface area contributed by atoms with Gasteiger partial charge in [-0.3, -0.25) is 23.0 Å². The molecule has 3 aliphatic rings. The quantitative estimate of drug-likeness (QED) is 0.179. The van der Waals surface area contributed by atoms with Crippen LogP contribution in [0.25, 0.3) is 22.2 Å². The Labute approximate surface area is 250 Å². The van der Waals surface area contributed by atoms with E-state index in [1.54, 1.807) is 0 Å². The first-order chi connectivity index (χ1) is 21.5. The van der Waals surface area contributed by atoms with Crippen LogP contribution in [0.1, 0.15) is 12.5 Å². The van der Waals surface area contributed by atoms with Gasteiger partial charge in [-0.2, -0.15) is 18.2 Å². The molecule has 3 fully saturated rings. The predicted molar refractivity (Wildman–Crippen MR) is 144 cm³/mol. The minimum Gasteiger partial charge on any atom is -0.382 e. The summed E-state index contributed by atoms with van der Waals surface area (Å²) in [6, 6.07) is 0. The highest BCUT2D eigenvalue weighted by Gasteiger charge is 2.54. The number of anilines is 1. The van der Waals surface area contributed by atoms with Gasteiger partial charge in [-0.25, -0.2) is 38.2 Å². The second kappa shape index (κ2) is 11.1. The molecule has 0 saturated carbocycles. The zero-order valence-corrected chi connectivity index (χ0v) is 24.5. The molecule has 0 amide bonds. The van der Waals surface area contributed by atoms with E-state index in [0.29, 0.717) is 0 Å². The zero-order valence-electron chi connectivity index (χ0n) is 22.8. The van der Waals surface area contributed by atoms with Crippen molar-refractivity contribution >= 4 is 46.1 Å². The van der Waals surface area contributed by atoms with Crippen molar-refractivity contribution in [2.24, 2.45) is 0 Å². The summed E-state index contributed by atoms with van der Waals surface area (Å²) < 4.78 is 93.3. The normalized spacial score (nSPS) is 35.5. The fourth-order valence-electron chi connectivity index (χ4n) is 5.52. The molecule has 24 heteroatoms. The van der Waals surface area contributed by atoms with E-state index >= 15 is 4.39 Å². The number of nitrogens with two attached hydrogens (primary N) is 1. The number of methoxy groups -OCH3 is 1. The van der Waals surface area contributed by atoms with Gasteiger partial charge in [0.1, 0.15) is 36.3 Å². The maximum Gasteiger partial charge on any atom is 0.472 e. The Hall–Kier alpha value is -3.51. The number of phosphoric ester groups is 1. The number of hydrogen-bond acceptors (Lipinski definition) is 16. The number of alkyl halides is 1. The molecule has 9 unspecified atom stereocenters. The molecular weight excluding hydrogens is 650 g/mol. The summed E-state index contributed by atoms with van der Waals surface area (Å²) in [6.07, 6.45) is -7.43. The molecule has 2 bridgehead atoms. The summed E-state index contributed by atoms with van der Waals surface area (Å²) in [5.41, 5.74) is 5.58. The summed E-state index contributed by atoms with van der Waals surface area (Å²) >= 11 is 0. The van der Waals surface area contributed by atoms with Gasteiger partial charge in [-0.1, -0.05) is 0 Å². The molecule has 7 rings (SSSR count). The maximum atomic E-state index is 15.9. The summed E-state index contributed by atoms with van der Waals surface area (Å²) in [4.78, 5) is 38.8. The van der Waals surface area contributed by atoms with Gasteiger partial charge in [0.25, 0.3) is 5.56 Å². The molecule has 21 nitrogen and oxygen atoms in total. The van der Waals surface area contributed by atoms with Gasteiger partial charge in [0.05, 0.1) is 31.0 Å². The molecule has 0 aromatic carbocycles. The Balaban J connectivity index is 1.22. The average Bonchev–Trinajstić information content (AvgIpc) is 3.75. The highest BCUT2D eigenvalue weighted by Crippen LogP contribution is 2.50. The van der Waals surface area contributed by atoms with Gasteiger partial charge < -0.3 is 24.8 Å². The Kier molecular flexibility index (Phi) is 7.43. The third kappa shape index (κ3) is 5.29. The number of imidazole rings is 2. The number of nitrogens with one attached hydrogen (secondary N) is 2. The maximum absolute atomic E-state index is 15.9. The number of hydrogen-bond donors (Lipinski definition) is 4. The van der Waals surface area contributed by atoms with Gasteiger partial charge in [0, 0.05) is 13.7 Å². The number of fused-ring (bicyclic) bond motifs is 5. The van der Waals surface area contributed by atoms with Crippen molar-refractivity contribution in [2.45, 2.75) is 49.1 Å². The summed E-state index contributed by atoms with van der Waals surface area (Å²) in [6.45, 7) is -1.37. The lowest BCUT2D eigenvalue weighted by Gasteiger charge is -2.24. The van der Waals surface area contributed by atoms with Crippen molar-refractivity contribution < 1.29 is 49.7 Å². The minimum absolute atomic E-state index is 0.0143. The Morgan fingerprint density at radius 1 is 1.11 bits per heavy atom. The molecule has 9 atom stereocenters. The summed E-state index contributed by atoms with van der Waals surface area (Å²) in [5, 5.41) is 5.98. The summed E-state index contributed by atoms with van der Waals surface area (Å²) in [5.74, 6) is 0.0143. The van der Waals surface area contributed by atoms with Crippen LogP contribution < -0.4 is 16.0 Å². The number of H-pyrrole nitrogens is 1. The van der Waals surface area contributed by atoms with Crippen molar-refractivity contribution in [3.63, 3.8) is 0 Å². The van der Waals surface area contributed by atoms with E-state index in [2.05, 4.69) is 34.9 Å². The lowest BCUT2D eigenvalue weighted by molar-refractivity contribution is -0.0570. The number of aromatic amines is 1. The van der Waals surface area contributed by atoms with Crippen LogP contribution in [0.5, 0.6) is 0 Å². The fourth-order valence-corrected chi connectivity index (χ4v) is 7.41. The number of ether oxygens (including phenoxy) is 3. The minimum atomic E-state index is -5.06. The first kappa shape index (κ1) is 30.2. The Morgan fingerprint density at radius 2 is 1.87 bits per heavy atom. The second-order valence-electron chi connectivity index (χ2n) is 10.1. The first-order valence-electron chi connectivity index (χ1n) is 13.1. The topological polar surface area (TPSA) is 272 Å². The number of phosphoric acid groups is 1. The van der Waals surface area contributed by atoms with Crippen molar-refractivity contribution in [2.75, 3.05) is 26.0 Å². The van der Waals surface area contributed by atoms with E-state index in [-0.39, 0.29) is 28.0 Å². The molecule has 45 heavy (non-hydrogen) atoms. The molecule has 0 spiro atoms. The number of aromatic nitrogens is 8. The van der Waals surface area contributed by atoms with Crippen molar-refractivity contribution in [3.8, 4) is 0 Å². The number of nitrogen functional groups attached to an aromatic ring is 1. The SMILES string of the molecule is COC1C2COP(=O)(O)OC3C(CNS(=O)(=O)OC1C(n1cnc4c(=O)[nH]ncc41)O2)OC(n1cnc2c(N)ncnc21)C3F. The third-order valence-corrected chi connectivity index (χ3v) is 9.50. The van der Waals surface area contributed by atoms with Crippen molar-refractivity contribution in [3.05, 3.63) is 35.5 Å². The largest absolute Gasteiger partial charge is 0.472 e. The number of halogens is 1. The van der Waals surface area contributed by atoms with E-state index < -0.39 is 86.0 Å². The van der Waals surface area contributed by atoms with Crippen LogP contribution in [0.4, 0.5) is 10.2 Å². The lowest BCUT2D eigenvalue weighted by Crippen LogP contribution is -2.44. The van der Waals surface area contributed by atoms with E-state index in [1.165, 1.54) is 35.1 Å². The molecule has 242 valence electrons. The van der Waals surface area contributed by atoms with Crippen molar-refractivity contribution in [1.29, 1.82) is 0 Å². The number of rotatable bonds is 3. The molecule has 4 aromatic rings. The molecule has 4 aromatic heterocycles.